The van der Waals surface area contributed by atoms with E-state index >= 15 is 0 Å². The van der Waals surface area contributed by atoms with E-state index in [-0.39, 0.29) is 19.3 Å². The molecule has 0 amide bonds. The number of esters is 3. The second-order valence-electron chi connectivity index (χ2n) is 24.4. The molecule has 18 heteroatoms. The Morgan fingerprint density at radius 3 is 0.968 bits per heavy atom. The van der Waals surface area contributed by atoms with Gasteiger partial charge in [-0.25, -0.2) is 9.13 Å². The standard InChI is InChI=1S/C77H132O16P2/c1-4-7-10-13-16-19-22-24-26-28-30-31-32-33-34-35-36-37-38-39-41-43-44-46-49-51-54-57-60-63-75(80)87-66-72(78)67-89-94(83,84)90-68-73(79)69-91-95(85,86)92-71-74(93-77(82)65-62-59-56-53-48-21-18-15-12-9-6-3)70-88-76(81)64-61-58-55-52-50-47-45-42-40-29-27-25-23-20-17-14-11-8-5-2/h8,11,16-17,19-20,24-27,30-31,33-34,40,42,47,50,55,58,72-74,78-79H,4-7,9-10,12-15,18,21-23,28-29,32,35-39,41,43-46,48-49,51-54,56-57,59-71H2,1-3H3,(H,83,84)(H,85,86)/b11-8-,19-16-,20-17-,26-24-,27-25-,31-30-,34-33-,42-40-,50-47-,58-55-. The summed E-state index contributed by atoms with van der Waals surface area (Å²) >= 11 is 0. The van der Waals surface area contributed by atoms with Crippen molar-refractivity contribution in [1.82, 2.24) is 0 Å². The molecule has 0 saturated heterocycles. The molecule has 0 fully saturated rings. The van der Waals surface area contributed by atoms with Gasteiger partial charge in [-0.3, -0.25) is 32.5 Å². The first-order chi connectivity index (χ1) is 46.2. The van der Waals surface area contributed by atoms with Gasteiger partial charge in [-0.2, -0.15) is 0 Å². The van der Waals surface area contributed by atoms with Gasteiger partial charge in [0, 0.05) is 19.3 Å². The molecule has 0 aliphatic carbocycles. The molecule has 0 aliphatic heterocycles. The van der Waals surface area contributed by atoms with E-state index in [1.807, 2.05) is 18.2 Å². The summed E-state index contributed by atoms with van der Waals surface area (Å²) in [6.07, 6.45) is 81.4. The molecule has 0 aliphatic rings. The molecule has 0 aromatic carbocycles. The molecule has 16 nitrogen and oxygen atoms in total. The highest BCUT2D eigenvalue weighted by molar-refractivity contribution is 7.47. The van der Waals surface area contributed by atoms with Gasteiger partial charge in [0.25, 0.3) is 0 Å². The van der Waals surface area contributed by atoms with Crippen LogP contribution in [-0.4, -0.2) is 95.9 Å². The van der Waals surface area contributed by atoms with Crippen LogP contribution in [0.1, 0.15) is 290 Å². The van der Waals surface area contributed by atoms with E-state index < -0.39 is 91.5 Å². The summed E-state index contributed by atoms with van der Waals surface area (Å²) in [5.41, 5.74) is 0. The van der Waals surface area contributed by atoms with Crippen molar-refractivity contribution in [2.45, 2.75) is 309 Å². The van der Waals surface area contributed by atoms with Crippen LogP contribution in [0.3, 0.4) is 0 Å². The maximum atomic E-state index is 12.9. The second kappa shape index (κ2) is 69.8. The Bertz CT molecular complexity index is 2210. The Kier molecular flexibility index (Phi) is 66.9. The van der Waals surface area contributed by atoms with E-state index in [4.69, 9.17) is 32.3 Å². The number of unbranched alkanes of at least 4 members (excludes halogenated alkanes) is 26. The van der Waals surface area contributed by atoms with Crippen molar-refractivity contribution in [3.05, 3.63) is 122 Å². The highest BCUT2D eigenvalue weighted by Gasteiger charge is 2.29. The quantitative estimate of drug-likeness (QED) is 0.0146. The summed E-state index contributed by atoms with van der Waals surface area (Å²) in [6.45, 7) is 2.43. The lowest BCUT2D eigenvalue weighted by Crippen LogP contribution is -2.30. The van der Waals surface area contributed by atoms with Crippen molar-refractivity contribution in [2.75, 3.05) is 39.6 Å². The van der Waals surface area contributed by atoms with Gasteiger partial charge in [-0.15, -0.1) is 0 Å². The number of aliphatic hydroxyl groups excluding tert-OH is 2. The highest BCUT2D eigenvalue weighted by Crippen LogP contribution is 2.45. The predicted molar refractivity (Wildman–Crippen MR) is 390 cm³/mol. The number of hydrogen-bond acceptors (Lipinski definition) is 14. The van der Waals surface area contributed by atoms with Crippen LogP contribution < -0.4 is 0 Å². The molecule has 0 aromatic heterocycles. The van der Waals surface area contributed by atoms with Crippen LogP contribution in [0.25, 0.3) is 0 Å². The number of carbonyl (C=O) groups excluding carboxylic acids is 3. The summed E-state index contributed by atoms with van der Waals surface area (Å²) in [6, 6.07) is 0. The van der Waals surface area contributed by atoms with E-state index in [0.717, 1.165) is 103 Å². The molecule has 0 aromatic rings. The minimum Gasteiger partial charge on any atom is -0.463 e. The van der Waals surface area contributed by atoms with Gasteiger partial charge in [0.15, 0.2) is 6.10 Å². The third kappa shape index (κ3) is 71.1. The summed E-state index contributed by atoms with van der Waals surface area (Å²) in [7, 11) is -9.80. The zero-order valence-corrected chi connectivity index (χ0v) is 61.1. The van der Waals surface area contributed by atoms with Gasteiger partial charge in [0.1, 0.15) is 25.4 Å². The SMILES string of the molecule is CC/C=C\C/C=C\C/C=C\C/C=C\C/C=C\C/C=C\CCC(=O)OCC(COP(=O)(O)OCC(O)COP(=O)(O)OCC(O)COC(=O)CCCCCCCCCCCCCCC/C=C\C/C=C\C/C=C\C/C=C\CCCCC)OC(=O)CCCCCCCCCCCCC. The Morgan fingerprint density at radius 2 is 0.579 bits per heavy atom. The lowest BCUT2D eigenvalue weighted by molar-refractivity contribution is -0.161. The molecule has 0 spiro atoms. The number of hydrogen-bond donors (Lipinski definition) is 4. The molecule has 5 atom stereocenters. The minimum atomic E-state index is -4.94. The number of carbonyl (C=O) groups is 3. The molecule has 546 valence electrons. The number of phosphoric acid groups is 2. The van der Waals surface area contributed by atoms with Crippen LogP contribution in [0.5, 0.6) is 0 Å². The molecule has 5 unspecified atom stereocenters. The molecular weight excluding hydrogens is 1240 g/mol. The van der Waals surface area contributed by atoms with Crippen molar-refractivity contribution in [2.24, 2.45) is 0 Å². The molecule has 0 saturated carbocycles. The van der Waals surface area contributed by atoms with E-state index in [0.29, 0.717) is 25.7 Å². The number of allylic oxidation sites excluding steroid dienone is 20. The van der Waals surface area contributed by atoms with Crippen molar-refractivity contribution in [3.63, 3.8) is 0 Å². The molecular formula is C77H132O16P2. The number of rotatable bonds is 69. The van der Waals surface area contributed by atoms with Gasteiger partial charge in [-0.1, -0.05) is 290 Å². The first-order valence-corrected chi connectivity index (χ1v) is 39.8. The average Bonchev–Trinajstić information content (AvgIpc) is 2.86. The van der Waals surface area contributed by atoms with Gasteiger partial charge in [0.2, 0.25) is 0 Å². The second-order valence-corrected chi connectivity index (χ2v) is 27.3. The lowest BCUT2D eigenvalue weighted by atomic mass is 10.0. The van der Waals surface area contributed by atoms with Crippen molar-refractivity contribution < 1.29 is 75.8 Å². The summed E-state index contributed by atoms with van der Waals surface area (Å²) in [5.74, 6) is -1.67. The first kappa shape index (κ1) is 91.0. The first-order valence-electron chi connectivity index (χ1n) is 36.8. The van der Waals surface area contributed by atoms with Crippen LogP contribution in [0.15, 0.2) is 122 Å². The number of phosphoric ester groups is 2. The topological polar surface area (TPSA) is 231 Å². The largest absolute Gasteiger partial charge is 0.472 e. The molecule has 0 rings (SSSR count). The minimum absolute atomic E-state index is 0.0448. The van der Waals surface area contributed by atoms with E-state index in [2.05, 4.69) is 124 Å². The van der Waals surface area contributed by atoms with Crippen LogP contribution >= 0.6 is 15.6 Å². The van der Waals surface area contributed by atoms with Gasteiger partial charge in [0.05, 0.1) is 26.4 Å². The van der Waals surface area contributed by atoms with Crippen LogP contribution in [0.2, 0.25) is 0 Å². The van der Waals surface area contributed by atoms with Crippen molar-refractivity contribution in [3.8, 4) is 0 Å². The van der Waals surface area contributed by atoms with Crippen LogP contribution in [-0.2, 0) is 55.8 Å². The van der Waals surface area contributed by atoms with E-state index in [9.17, 15) is 43.5 Å². The fourth-order valence-electron chi connectivity index (χ4n) is 9.58. The number of aliphatic hydroxyl groups is 2. The molecule has 0 radical (unpaired) electrons. The third-order valence-electron chi connectivity index (χ3n) is 15.2. The van der Waals surface area contributed by atoms with Crippen molar-refractivity contribution >= 4 is 33.6 Å². The maximum absolute atomic E-state index is 12.9. The fraction of sp³-hybridized carbons (Fsp3) is 0.701. The smallest absolute Gasteiger partial charge is 0.463 e. The predicted octanol–water partition coefficient (Wildman–Crippen LogP) is 21.0. The Hall–Kier alpha value is -4.05. The van der Waals surface area contributed by atoms with E-state index in [1.54, 1.807) is 0 Å². The Labute approximate surface area is 576 Å². The molecule has 0 bridgehead atoms. The zero-order valence-electron chi connectivity index (χ0n) is 59.3. The molecule has 4 N–H and O–H groups in total. The maximum Gasteiger partial charge on any atom is 0.472 e. The Balaban J connectivity index is 4.49. The van der Waals surface area contributed by atoms with Gasteiger partial charge >= 0.3 is 33.6 Å². The summed E-state index contributed by atoms with van der Waals surface area (Å²) in [5, 5.41) is 20.6. The third-order valence-corrected chi connectivity index (χ3v) is 17.1. The van der Waals surface area contributed by atoms with Crippen LogP contribution in [0, 0.1) is 0 Å². The number of ether oxygens (including phenoxy) is 3. The van der Waals surface area contributed by atoms with Gasteiger partial charge in [-0.05, 0) is 103 Å². The Morgan fingerprint density at radius 1 is 0.305 bits per heavy atom. The summed E-state index contributed by atoms with van der Waals surface area (Å²) in [4.78, 5) is 58.3. The normalized spacial score (nSPS) is 14.8. The van der Waals surface area contributed by atoms with Crippen molar-refractivity contribution in [1.29, 1.82) is 0 Å². The highest BCUT2D eigenvalue weighted by atomic mass is 31.2. The zero-order chi connectivity index (χ0) is 69.5. The molecule has 95 heavy (non-hydrogen) atoms. The molecule has 0 heterocycles. The summed E-state index contributed by atoms with van der Waals surface area (Å²) < 4.78 is 60.8. The van der Waals surface area contributed by atoms with Crippen LogP contribution in [0.4, 0.5) is 0 Å². The average molecular weight is 1380 g/mol. The van der Waals surface area contributed by atoms with E-state index in [1.165, 1.54) is 122 Å². The fourth-order valence-corrected chi connectivity index (χ4v) is 11.2. The van der Waals surface area contributed by atoms with Gasteiger partial charge < -0.3 is 34.2 Å². The lowest BCUT2D eigenvalue weighted by Gasteiger charge is -2.21. The monoisotopic (exact) mass is 1370 g/mol.